The normalized spacial score (nSPS) is 10.7. The third-order valence-electron chi connectivity index (χ3n) is 4.96. The number of imidazole rings is 1. The topological polar surface area (TPSA) is 63.9 Å². The summed E-state index contributed by atoms with van der Waals surface area (Å²) in [5.41, 5.74) is 2.61. The summed E-state index contributed by atoms with van der Waals surface area (Å²) >= 11 is 0. The number of nitrogens with zero attached hydrogens (tertiary/aromatic N) is 5. The molecular formula is C24H23N5O. The lowest BCUT2D eigenvalue weighted by Crippen LogP contribution is -2.33. The van der Waals surface area contributed by atoms with E-state index in [0.29, 0.717) is 24.6 Å². The molecule has 0 aliphatic carbocycles. The van der Waals surface area contributed by atoms with Gasteiger partial charge in [-0.1, -0.05) is 60.7 Å². The number of aryl methyl sites for hydroxylation is 1. The van der Waals surface area contributed by atoms with Crippen molar-refractivity contribution in [2.75, 3.05) is 6.54 Å². The standard InChI is InChI=1S/C24H23N5O/c1-19-25-15-17-29(19)23-13-12-22(26-27-23)24(30)28(18-21-10-6-3-7-11-21)16-14-20-8-4-2-5-9-20/h2-13,15,17H,14,16,18H2,1H3. The van der Waals surface area contributed by atoms with Crippen LogP contribution in [-0.4, -0.2) is 37.1 Å². The Balaban J connectivity index is 1.54. The van der Waals surface area contributed by atoms with Crippen LogP contribution in [0.15, 0.2) is 85.2 Å². The van der Waals surface area contributed by atoms with Gasteiger partial charge in [-0.15, -0.1) is 10.2 Å². The Morgan fingerprint density at radius 2 is 1.60 bits per heavy atom. The smallest absolute Gasteiger partial charge is 0.274 e. The predicted octanol–water partition coefficient (Wildman–Crippen LogP) is 3.86. The summed E-state index contributed by atoms with van der Waals surface area (Å²) in [4.78, 5) is 19.3. The van der Waals surface area contributed by atoms with Crippen LogP contribution in [0.3, 0.4) is 0 Å². The van der Waals surface area contributed by atoms with Crippen LogP contribution in [-0.2, 0) is 13.0 Å². The Bertz CT molecular complexity index is 1090. The highest BCUT2D eigenvalue weighted by atomic mass is 16.2. The van der Waals surface area contributed by atoms with E-state index in [9.17, 15) is 4.79 Å². The van der Waals surface area contributed by atoms with Crippen LogP contribution in [0, 0.1) is 6.92 Å². The van der Waals surface area contributed by atoms with Gasteiger partial charge in [0.05, 0.1) is 0 Å². The number of carbonyl (C=O) groups is 1. The summed E-state index contributed by atoms with van der Waals surface area (Å²) < 4.78 is 1.83. The van der Waals surface area contributed by atoms with E-state index >= 15 is 0 Å². The van der Waals surface area contributed by atoms with Crippen molar-refractivity contribution in [2.45, 2.75) is 19.9 Å². The first-order valence-electron chi connectivity index (χ1n) is 9.92. The van der Waals surface area contributed by atoms with E-state index in [-0.39, 0.29) is 5.91 Å². The SMILES string of the molecule is Cc1nccn1-c1ccc(C(=O)N(CCc2ccccc2)Cc2ccccc2)nn1. The number of amides is 1. The molecule has 0 N–H and O–H groups in total. The lowest BCUT2D eigenvalue weighted by molar-refractivity contribution is 0.0738. The fourth-order valence-electron chi connectivity index (χ4n) is 3.31. The Morgan fingerprint density at radius 1 is 0.900 bits per heavy atom. The Labute approximate surface area is 175 Å². The molecule has 4 rings (SSSR count). The van der Waals surface area contributed by atoms with Crippen molar-refractivity contribution >= 4 is 5.91 Å². The van der Waals surface area contributed by atoms with Crippen LogP contribution < -0.4 is 0 Å². The zero-order valence-corrected chi connectivity index (χ0v) is 16.8. The van der Waals surface area contributed by atoms with Crippen molar-refractivity contribution in [1.82, 2.24) is 24.6 Å². The van der Waals surface area contributed by atoms with Gasteiger partial charge in [-0.3, -0.25) is 9.36 Å². The average molecular weight is 397 g/mol. The minimum absolute atomic E-state index is 0.129. The van der Waals surface area contributed by atoms with Crippen molar-refractivity contribution in [1.29, 1.82) is 0 Å². The Morgan fingerprint density at radius 3 is 2.20 bits per heavy atom. The molecule has 0 saturated heterocycles. The lowest BCUT2D eigenvalue weighted by Gasteiger charge is -2.22. The zero-order chi connectivity index (χ0) is 20.8. The second kappa shape index (κ2) is 9.13. The van der Waals surface area contributed by atoms with Gasteiger partial charge in [-0.2, -0.15) is 0 Å². The molecule has 6 heteroatoms. The van der Waals surface area contributed by atoms with Crippen LogP contribution in [0.5, 0.6) is 0 Å². The van der Waals surface area contributed by atoms with Crippen LogP contribution in [0.1, 0.15) is 27.4 Å². The highest BCUT2D eigenvalue weighted by Gasteiger charge is 2.18. The minimum atomic E-state index is -0.129. The van der Waals surface area contributed by atoms with Crippen molar-refractivity contribution in [2.24, 2.45) is 0 Å². The molecule has 0 atom stereocenters. The number of hydrogen-bond donors (Lipinski definition) is 0. The first kappa shape index (κ1) is 19.5. The number of benzene rings is 2. The summed E-state index contributed by atoms with van der Waals surface area (Å²) in [5.74, 6) is 1.33. The van der Waals surface area contributed by atoms with Crippen LogP contribution in [0.4, 0.5) is 0 Å². The molecular weight excluding hydrogens is 374 g/mol. The first-order chi connectivity index (χ1) is 14.7. The van der Waals surface area contributed by atoms with Gasteiger partial charge >= 0.3 is 0 Å². The van der Waals surface area contributed by atoms with E-state index < -0.39 is 0 Å². The molecule has 2 heterocycles. The van der Waals surface area contributed by atoms with E-state index in [0.717, 1.165) is 17.8 Å². The molecule has 2 aromatic heterocycles. The Hall–Kier alpha value is -3.80. The van der Waals surface area contributed by atoms with Gasteiger partial charge < -0.3 is 4.90 Å². The van der Waals surface area contributed by atoms with E-state index in [4.69, 9.17) is 0 Å². The average Bonchev–Trinajstić information content (AvgIpc) is 3.23. The van der Waals surface area contributed by atoms with Crippen molar-refractivity contribution in [3.05, 3.63) is 108 Å². The summed E-state index contributed by atoms with van der Waals surface area (Å²) in [6.45, 7) is 3.02. The molecule has 30 heavy (non-hydrogen) atoms. The largest absolute Gasteiger partial charge is 0.333 e. The number of hydrogen-bond acceptors (Lipinski definition) is 4. The number of carbonyl (C=O) groups excluding carboxylic acids is 1. The molecule has 6 nitrogen and oxygen atoms in total. The van der Waals surface area contributed by atoms with Gasteiger partial charge in [0, 0.05) is 25.5 Å². The maximum atomic E-state index is 13.2. The van der Waals surface area contributed by atoms with Crippen LogP contribution in [0.25, 0.3) is 5.82 Å². The summed E-state index contributed by atoms with van der Waals surface area (Å²) in [6, 6.07) is 23.7. The molecule has 0 spiro atoms. The molecule has 1 amide bonds. The molecule has 150 valence electrons. The fraction of sp³-hybridized carbons (Fsp3) is 0.167. The predicted molar refractivity (Wildman–Crippen MR) is 115 cm³/mol. The molecule has 0 fully saturated rings. The monoisotopic (exact) mass is 397 g/mol. The quantitative estimate of drug-likeness (QED) is 0.475. The number of aromatic nitrogens is 4. The molecule has 0 unspecified atom stereocenters. The van der Waals surface area contributed by atoms with Gasteiger partial charge in [0.2, 0.25) is 0 Å². The van der Waals surface area contributed by atoms with Crippen molar-refractivity contribution in [3.8, 4) is 5.82 Å². The maximum Gasteiger partial charge on any atom is 0.274 e. The van der Waals surface area contributed by atoms with Gasteiger partial charge in [0.15, 0.2) is 11.5 Å². The minimum Gasteiger partial charge on any atom is -0.333 e. The van der Waals surface area contributed by atoms with Gasteiger partial charge in [0.1, 0.15) is 5.82 Å². The van der Waals surface area contributed by atoms with Gasteiger partial charge in [0.25, 0.3) is 5.91 Å². The lowest BCUT2D eigenvalue weighted by atomic mass is 10.1. The first-order valence-corrected chi connectivity index (χ1v) is 9.92. The Kier molecular flexibility index (Phi) is 5.94. The van der Waals surface area contributed by atoms with Crippen LogP contribution >= 0.6 is 0 Å². The molecule has 0 bridgehead atoms. The molecule has 0 aliphatic rings. The van der Waals surface area contributed by atoms with E-state index in [2.05, 4.69) is 27.3 Å². The highest BCUT2D eigenvalue weighted by Crippen LogP contribution is 2.12. The van der Waals surface area contributed by atoms with E-state index in [1.54, 1.807) is 18.3 Å². The molecule has 4 aromatic rings. The second-order valence-corrected chi connectivity index (χ2v) is 7.07. The third-order valence-corrected chi connectivity index (χ3v) is 4.96. The molecule has 2 aromatic carbocycles. The summed E-state index contributed by atoms with van der Waals surface area (Å²) in [6.07, 6.45) is 4.31. The second-order valence-electron chi connectivity index (χ2n) is 7.07. The van der Waals surface area contributed by atoms with Crippen molar-refractivity contribution < 1.29 is 4.79 Å². The van der Waals surface area contributed by atoms with E-state index in [1.165, 1.54) is 5.56 Å². The van der Waals surface area contributed by atoms with Gasteiger partial charge in [-0.05, 0) is 36.6 Å². The molecule has 0 aliphatic heterocycles. The van der Waals surface area contributed by atoms with Gasteiger partial charge in [-0.25, -0.2) is 4.98 Å². The van der Waals surface area contributed by atoms with E-state index in [1.807, 2.05) is 71.1 Å². The highest BCUT2D eigenvalue weighted by molar-refractivity contribution is 5.92. The zero-order valence-electron chi connectivity index (χ0n) is 16.8. The maximum absolute atomic E-state index is 13.2. The van der Waals surface area contributed by atoms with Crippen molar-refractivity contribution in [3.63, 3.8) is 0 Å². The molecule has 0 saturated carbocycles. The summed E-state index contributed by atoms with van der Waals surface area (Å²) in [5, 5.41) is 8.44. The molecule has 0 radical (unpaired) electrons. The number of rotatable bonds is 7. The summed E-state index contributed by atoms with van der Waals surface area (Å²) in [7, 11) is 0. The fourth-order valence-corrected chi connectivity index (χ4v) is 3.31. The van der Waals surface area contributed by atoms with Crippen LogP contribution in [0.2, 0.25) is 0 Å². The third kappa shape index (κ3) is 4.60.